The molecule has 62 valence electrons. The van der Waals surface area contributed by atoms with E-state index in [4.69, 9.17) is 4.74 Å². The topological polar surface area (TPSA) is 26.3 Å². The molecule has 0 bridgehead atoms. The summed E-state index contributed by atoms with van der Waals surface area (Å²) in [6, 6.07) is 0. The van der Waals surface area contributed by atoms with Gasteiger partial charge >= 0.3 is 0 Å². The fourth-order valence-corrected chi connectivity index (χ4v) is 1.15. The molecule has 0 N–H and O–H groups in total. The summed E-state index contributed by atoms with van der Waals surface area (Å²) in [7, 11) is 0. The van der Waals surface area contributed by atoms with Gasteiger partial charge in [0.05, 0.1) is 6.26 Å². The van der Waals surface area contributed by atoms with Crippen molar-refractivity contribution in [3.05, 3.63) is 11.8 Å². The summed E-state index contributed by atoms with van der Waals surface area (Å²) >= 11 is 0. The first-order valence-corrected chi connectivity index (χ1v) is 4.00. The Morgan fingerprint density at radius 1 is 1.64 bits per heavy atom. The van der Waals surface area contributed by atoms with Crippen LogP contribution >= 0.6 is 0 Å². The van der Waals surface area contributed by atoms with Gasteiger partial charge in [-0.25, -0.2) is 0 Å². The highest BCUT2D eigenvalue weighted by atomic mass is 16.5. The average Bonchev–Trinajstić information content (AvgIpc) is 2.18. The highest BCUT2D eigenvalue weighted by Gasteiger charge is 2.24. The maximum Gasteiger partial charge on any atom is 0.202 e. The van der Waals surface area contributed by atoms with Crippen LogP contribution in [0.4, 0.5) is 0 Å². The van der Waals surface area contributed by atoms with Gasteiger partial charge in [0.25, 0.3) is 0 Å². The predicted octanol–water partition coefficient (Wildman–Crippen LogP) is 1.90. The summed E-state index contributed by atoms with van der Waals surface area (Å²) in [6.07, 6.45) is 2.19. The first-order valence-electron chi connectivity index (χ1n) is 4.00. The summed E-state index contributed by atoms with van der Waals surface area (Å²) < 4.78 is 5.07. The van der Waals surface area contributed by atoms with E-state index < -0.39 is 0 Å². The van der Waals surface area contributed by atoms with Crippen LogP contribution in [0, 0.1) is 5.92 Å². The van der Waals surface area contributed by atoms with Crippen molar-refractivity contribution in [1.29, 1.82) is 0 Å². The minimum atomic E-state index is -0.247. The van der Waals surface area contributed by atoms with Gasteiger partial charge in [0, 0.05) is 5.57 Å². The highest BCUT2D eigenvalue weighted by Crippen LogP contribution is 2.20. The van der Waals surface area contributed by atoms with Crippen molar-refractivity contribution < 1.29 is 9.53 Å². The standard InChI is InChI=1S/C9H14O2/c1-6(2)4-8-5-11-7(3)9(8)10/h5-7H,4H2,1-3H3. The van der Waals surface area contributed by atoms with E-state index in [9.17, 15) is 4.79 Å². The van der Waals surface area contributed by atoms with Crippen LogP contribution in [0.3, 0.4) is 0 Å². The number of ketones is 1. The average molecular weight is 154 g/mol. The predicted molar refractivity (Wildman–Crippen MR) is 43.1 cm³/mol. The summed E-state index contributed by atoms with van der Waals surface area (Å²) in [5, 5.41) is 0. The van der Waals surface area contributed by atoms with Crippen LogP contribution in [0.25, 0.3) is 0 Å². The number of carbonyl (C=O) groups excluding carboxylic acids is 1. The molecule has 1 atom stereocenters. The van der Waals surface area contributed by atoms with Crippen molar-refractivity contribution in [1.82, 2.24) is 0 Å². The molecule has 1 aliphatic rings. The Labute approximate surface area is 67.2 Å². The molecular weight excluding hydrogens is 140 g/mol. The van der Waals surface area contributed by atoms with Gasteiger partial charge in [0.1, 0.15) is 0 Å². The lowest BCUT2D eigenvalue weighted by Crippen LogP contribution is -2.14. The van der Waals surface area contributed by atoms with E-state index in [-0.39, 0.29) is 11.9 Å². The molecule has 2 nitrogen and oxygen atoms in total. The Morgan fingerprint density at radius 3 is 2.64 bits per heavy atom. The van der Waals surface area contributed by atoms with Crippen LogP contribution in [0.2, 0.25) is 0 Å². The molecule has 0 saturated carbocycles. The van der Waals surface area contributed by atoms with E-state index in [2.05, 4.69) is 13.8 Å². The number of ether oxygens (including phenoxy) is 1. The Bertz CT molecular complexity index is 192. The fourth-order valence-electron chi connectivity index (χ4n) is 1.15. The number of rotatable bonds is 2. The van der Waals surface area contributed by atoms with Crippen molar-refractivity contribution in [2.45, 2.75) is 33.3 Å². The smallest absolute Gasteiger partial charge is 0.202 e. The molecule has 0 spiro atoms. The second-order valence-electron chi connectivity index (χ2n) is 3.38. The van der Waals surface area contributed by atoms with Gasteiger partial charge in [0.2, 0.25) is 5.78 Å². The Balaban J connectivity index is 2.54. The van der Waals surface area contributed by atoms with Crippen LogP contribution in [0.15, 0.2) is 11.8 Å². The summed E-state index contributed by atoms with van der Waals surface area (Å²) in [6.45, 7) is 5.97. The monoisotopic (exact) mass is 154 g/mol. The van der Waals surface area contributed by atoms with Gasteiger partial charge in [-0.2, -0.15) is 0 Å². The molecule has 0 aromatic rings. The largest absolute Gasteiger partial charge is 0.490 e. The van der Waals surface area contributed by atoms with Gasteiger partial charge in [-0.1, -0.05) is 13.8 Å². The summed E-state index contributed by atoms with van der Waals surface area (Å²) in [5.74, 6) is 0.679. The van der Waals surface area contributed by atoms with E-state index in [1.165, 1.54) is 0 Å². The van der Waals surface area contributed by atoms with Crippen LogP contribution in [0.5, 0.6) is 0 Å². The maximum atomic E-state index is 11.2. The number of hydrogen-bond donors (Lipinski definition) is 0. The van der Waals surface area contributed by atoms with Crippen molar-refractivity contribution in [2.24, 2.45) is 5.92 Å². The zero-order valence-electron chi connectivity index (χ0n) is 7.26. The van der Waals surface area contributed by atoms with Crippen molar-refractivity contribution in [2.75, 3.05) is 0 Å². The van der Waals surface area contributed by atoms with Gasteiger partial charge in [-0.15, -0.1) is 0 Å². The lowest BCUT2D eigenvalue weighted by Gasteiger charge is -2.03. The second kappa shape index (κ2) is 3.07. The third kappa shape index (κ3) is 1.82. The molecule has 0 aromatic heterocycles. The SMILES string of the molecule is CC(C)CC1=COC(C)C1=O. The van der Waals surface area contributed by atoms with Crippen molar-refractivity contribution in [3.63, 3.8) is 0 Å². The number of hydrogen-bond acceptors (Lipinski definition) is 2. The van der Waals surface area contributed by atoms with Crippen molar-refractivity contribution in [3.8, 4) is 0 Å². The Hall–Kier alpha value is -0.790. The lowest BCUT2D eigenvalue weighted by atomic mass is 10.00. The minimum absolute atomic E-state index is 0.152. The van der Waals surface area contributed by atoms with Crippen LogP contribution in [-0.2, 0) is 9.53 Å². The quantitative estimate of drug-likeness (QED) is 0.607. The third-order valence-corrected chi connectivity index (χ3v) is 1.73. The van der Waals surface area contributed by atoms with E-state index >= 15 is 0 Å². The molecule has 0 aromatic carbocycles. The molecule has 1 heterocycles. The molecule has 0 amide bonds. The number of carbonyl (C=O) groups is 1. The van der Waals surface area contributed by atoms with Crippen molar-refractivity contribution >= 4 is 5.78 Å². The first-order chi connectivity index (χ1) is 5.11. The van der Waals surface area contributed by atoms with Gasteiger partial charge in [0.15, 0.2) is 6.10 Å². The van der Waals surface area contributed by atoms with E-state index in [0.29, 0.717) is 5.92 Å². The zero-order valence-corrected chi connectivity index (χ0v) is 7.26. The molecule has 0 saturated heterocycles. The fraction of sp³-hybridized carbons (Fsp3) is 0.667. The molecular formula is C9H14O2. The molecule has 1 unspecified atom stereocenters. The summed E-state index contributed by atoms with van der Waals surface area (Å²) in [5.41, 5.74) is 0.840. The van der Waals surface area contributed by atoms with E-state index in [1.54, 1.807) is 13.2 Å². The molecule has 0 radical (unpaired) electrons. The van der Waals surface area contributed by atoms with E-state index in [0.717, 1.165) is 12.0 Å². The molecule has 1 rings (SSSR count). The number of Topliss-reactive ketones (excluding diaryl/α,β-unsaturated/α-hetero) is 1. The zero-order chi connectivity index (χ0) is 8.43. The Morgan fingerprint density at radius 2 is 2.27 bits per heavy atom. The maximum absolute atomic E-state index is 11.2. The normalized spacial score (nSPS) is 23.8. The second-order valence-corrected chi connectivity index (χ2v) is 3.38. The first kappa shape index (κ1) is 8.31. The molecule has 1 aliphatic heterocycles. The highest BCUT2D eigenvalue weighted by molar-refractivity contribution is 5.99. The van der Waals surface area contributed by atoms with Gasteiger partial charge < -0.3 is 4.74 Å². The summed E-state index contributed by atoms with van der Waals surface area (Å²) in [4.78, 5) is 11.2. The lowest BCUT2D eigenvalue weighted by molar-refractivity contribution is -0.120. The molecule has 0 aliphatic carbocycles. The molecule has 2 heteroatoms. The Kier molecular flexibility index (Phi) is 2.32. The molecule has 11 heavy (non-hydrogen) atoms. The van der Waals surface area contributed by atoms with Crippen LogP contribution < -0.4 is 0 Å². The van der Waals surface area contributed by atoms with Crippen LogP contribution in [-0.4, -0.2) is 11.9 Å². The van der Waals surface area contributed by atoms with Crippen LogP contribution in [0.1, 0.15) is 27.2 Å². The van der Waals surface area contributed by atoms with Gasteiger partial charge in [-0.3, -0.25) is 4.79 Å². The molecule has 0 fully saturated rings. The minimum Gasteiger partial charge on any atom is -0.490 e. The third-order valence-electron chi connectivity index (χ3n) is 1.73. The van der Waals surface area contributed by atoms with Gasteiger partial charge in [-0.05, 0) is 19.3 Å². The van der Waals surface area contributed by atoms with E-state index in [1.807, 2.05) is 0 Å².